The van der Waals surface area contributed by atoms with Crippen molar-refractivity contribution in [3.63, 3.8) is 0 Å². The van der Waals surface area contributed by atoms with Crippen LogP contribution in [0.15, 0.2) is 0 Å². The van der Waals surface area contributed by atoms with Gasteiger partial charge in [-0.25, -0.2) is 0 Å². The van der Waals surface area contributed by atoms with Crippen molar-refractivity contribution in [2.75, 3.05) is 6.26 Å². The Balaban J connectivity index is 2.43. The van der Waals surface area contributed by atoms with Gasteiger partial charge in [-0.15, -0.1) is 0 Å². The number of hydrogen-bond donors (Lipinski definition) is 0. The van der Waals surface area contributed by atoms with Gasteiger partial charge in [-0.05, 0) is 0 Å². The van der Waals surface area contributed by atoms with Crippen LogP contribution in [0.4, 0.5) is 0 Å². The van der Waals surface area contributed by atoms with Crippen LogP contribution in [0.5, 0.6) is 0 Å². The molecular formula is C2H3MoS+. The zero-order valence-electron chi connectivity index (χ0n) is 2.32. The van der Waals surface area contributed by atoms with Crippen LogP contribution in [-0.4, -0.2) is 6.26 Å². The molecule has 0 rings (SSSR count). The molecule has 0 amide bonds. The first-order chi connectivity index (χ1) is 1.91. The molecule has 0 aromatic heterocycles. The van der Waals surface area contributed by atoms with E-state index in [1.165, 1.54) is 0 Å². The molecule has 0 aliphatic rings. The summed E-state index contributed by atoms with van der Waals surface area (Å²) in [7, 11) is 0. The molecule has 0 unspecified atom stereocenters. The Kier molecular flexibility index (Phi) is 4.60. The minimum atomic E-state index is 1.61. The Morgan fingerprint density at radius 2 is 2.25 bits per heavy atom. The second kappa shape index (κ2) is 3.82. The van der Waals surface area contributed by atoms with Crippen molar-refractivity contribution >= 4 is 11.8 Å². The summed E-state index contributed by atoms with van der Waals surface area (Å²) in [5.41, 5.74) is 0. The Morgan fingerprint density at radius 1 is 2.00 bits per heavy atom. The molecule has 0 N–H and O–H groups in total. The second-order valence-corrected chi connectivity index (χ2v) is 2.09. The van der Waals surface area contributed by atoms with Crippen LogP contribution >= 0.6 is 11.8 Å². The van der Waals surface area contributed by atoms with Crippen molar-refractivity contribution in [3.8, 4) is 3.53 Å². The van der Waals surface area contributed by atoms with E-state index in [0.717, 1.165) is 0 Å². The summed E-state index contributed by atoms with van der Waals surface area (Å²) < 4.78 is 2.86. The van der Waals surface area contributed by atoms with Gasteiger partial charge in [-0.1, -0.05) is 0 Å². The van der Waals surface area contributed by atoms with E-state index < -0.39 is 0 Å². The molecule has 0 saturated heterocycles. The third-order valence-electron chi connectivity index (χ3n) is 0.0833. The van der Waals surface area contributed by atoms with E-state index in [1.54, 1.807) is 11.8 Å². The van der Waals surface area contributed by atoms with E-state index >= 15 is 0 Å². The van der Waals surface area contributed by atoms with Crippen molar-refractivity contribution in [2.45, 2.75) is 0 Å². The van der Waals surface area contributed by atoms with Crippen LogP contribution < -0.4 is 0 Å². The predicted octanol–water partition coefficient (Wildman–Crippen LogP) is 0.813. The molecule has 0 aliphatic carbocycles. The van der Waals surface area contributed by atoms with Gasteiger partial charge in [-0.3, -0.25) is 0 Å². The SMILES string of the molecule is CS[C]#[Mo+]. The third-order valence-corrected chi connectivity index (χ3v) is 1.48. The van der Waals surface area contributed by atoms with Crippen LogP contribution in [0.25, 0.3) is 0 Å². The minimum absolute atomic E-state index is 1.61. The average Bonchev–Trinajstić information content (AvgIpc) is 1.37. The Hall–Kier alpha value is 0.818. The van der Waals surface area contributed by atoms with Crippen molar-refractivity contribution in [1.29, 1.82) is 0 Å². The molecule has 0 saturated carbocycles. The van der Waals surface area contributed by atoms with Crippen molar-refractivity contribution < 1.29 is 19.2 Å². The summed E-state index contributed by atoms with van der Waals surface area (Å²) in [5.74, 6) is 0. The van der Waals surface area contributed by atoms with Crippen molar-refractivity contribution in [1.82, 2.24) is 0 Å². The molecule has 0 nitrogen and oxygen atoms in total. The maximum atomic E-state index is 2.86. The van der Waals surface area contributed by atoms with Crippen molar-refractivity contribution in [3.05, 3.63) is 0 Å². The molecule has 0 radical (unpaired) electrons. The van der Waals surface area contributed by atoms with Gasteiger partial charge in [0.25, 0.3) is 0 Å². The van der Waals surface area contributed by atoms with Crippen LogP contribution in [0, 0.1) is 3.53 Å². The monoisotopic (exact) mass is 157 g/mol. The predicted molar refractivity (Wildman–Crippen MR) is 17.4 cm³/mol. The van der Waals surface area contributed by atoms with Crippen molar-refractivity contribution in [2.24, 2.45) is 0 Å². The summed E-state index contributed by atoms with van der Waals surface area (Å²) in [6.07, 6.45) is 1.99. The summed E-state index contributed by atoms with van der Waals surface area (Å²) >= 11 is 3.45. The first-order valence-electron chi connectivity index (χ1n) is 0.816. The summed E-state index contributed by atoms with van der Waals surface area (Å²) in [4.78, 5) is 0. The van der Waals surface area contributed by atoms with E-state index in [-0.39, 0.29) is 0 Å². The van der Waals surface area contributed by atoms with E-state index in [2.05, 4.69) is 3.53 Å². The van der Waals surface area contributed by atoms with Gasteiger partial charge in [0.05, 0.1) is 0 Å². The van der Waals surface area contributed by atoms with E-state index in [1.807, 2.05) is 25.4 Å². The molecule has 0 aromatic carbocycles. The molecular weight excluding hydrogens is 152 g/mol. The molecule has 0 bridgehead atoms. The molecule has 0 aliphatic heterocycles. The summed E-state index contributed by atoms with van der Waals surface area (Å²) in [6, 6.07) is 0. The molecule has 0 spiro atoms. The standard InChI is InChI=1S/C2H3S.Mo/c1-3-2;/h1H3;/q;+1. The molecule has 0 aromatic rings. The van der Waals surface area contributed by atoms with Gasteiger partial charge in [0, 0.05) is 0 Å². The van der Waals surface area contributed by atoms with E-state index in [4.69, 9.17) is 0 Å². The van der Waals surface area contributed by atoms with Crippen LogP contribution in [0.2, 0.25) is 0 Å². The van der Waals surface area contributed by atoms with Crippen LogP contribution in [0.3, 0.4) is 0 Å². The first-order valence-corrected chi connectivity index (χ1v) is 3.04. The molecule has 0 fully saturated rings. The molecule has 22 valence electrons. The van der Waals surface area contributed by atoms with Gasteiger partial charge < -0.3 is 0 Å². The topological polar surface area (TPSA) is 0 Å². The van der Waals surface area contributed by atoms with Gasteiger partial charge in [-0.2, -0.15) is 0 Å². The average molecular weight is 155 g/mol. The fraction of sp³-hybridized carbons (Fsp3) is 0.500. The normalized spacial score (nSPS) is 5.00. The van der Waals surface area contributed by atoms with Gasteiger partial charge in [0.1, 0.15) is 0 Å². The fourth-order valence-corrected chi connectivity index (χ4v) is 0. The second-order valence-electron chi connectivity index (χ2n) is 0.287. The zero-order chi connectivity index (χ0) is 3.41. The Labute approximate surface area is 41.0 Å². The maximum absolute atomic E-state index is 2.86. The third kappa shape index (κ3) is 2.82. The van der Waals surface area contributed by atoms with Crippen LogP contribution in [0.1, 0.15) is 0 Å². The summed E-state index contributed by atoms with van der Waals surface area (Å²) in [6.45, 7) is 0. The quantitative estimate of drug-likeness (QED) is 0.466. The number of hydrogen-bond acceptors (Lipinski definition) is 1. The van der Waals surface area contributed by atoms with Gasteiger partial charge >= 0.3 is 40.7 Å². The Morgan fingerprint density at radius 3 is 2.25 bits per heavy atom. The van der Waals surface area contributed by atoms with Gasteiger partial charge in [0.15, 0.2) is 0 Å². The fourth-order valence-electron chi connectivity index (χ4n) is 0. The first kappa shape index (κ1) is 4.82. The Bertz CT molecular complexity index is 35.8. The number of thioether (sulfide) groups is 1. The molecule has 4 heavy (non-hydrogen) atoms. The van der Waals surface area contributed by atoms with E-state index in [9.17, 15) is 0 Å². The summed E-state index contributed by atoms with van der Waals surface area (Å²) in [5, 5.41) is 0. The van der Waals surface area contributed by atoms with Crippen LogP contribution in [-0.2, 0) is 19.2 Å². The number of rotatable bonds is 0. The molecule has 2 heteroatoms. The van der Waals surface area contributed by atoms with Gasteiger partial charge in [0.2, 0.25) is 0 Å². The molecule has 0 heterocycles. The molecule has 0 atom stereocenters. The zero-order valence-corrected chi connectivity index (χ0v) is 5.14. The van der Waals surface area contributed by atoms with E-state index in [0.29, 0.717) is 0 Å².